The van der Waals surface area contributed by atoms with Crippen LogP contribution in [0, 0.1) is 11.8 Å². The Morgan fingerprint density at radius 2 is 1.55 bits per heavy atom. The third-order valence-electron chi connectivity index (χ3n) is 5.12. The first-order chi connectivity index (χ1) is 10.7. The monoisotopic (exact) mass is 305 g/mol. The Labute approximate surface area is 133 Å². The number of benzene rings is 1. The van der Waals surface area contributed by atoms with E-state index in [9.17, 15) is 0 Å². The number of rotatable bonds is 5. The molecule has 0 aromatic heterocycles. The van der Waals surface area contributed by atoms with Gasteiger partial charge in [-0.15, -0.1) is 0 Å². The molecule has 0 radical (unpaired) electrons. The van der Waals surface area contributed by atoms with E-state index in [0.717, 1.165) is 41.2 Å². The second-order valence-corrected chi connectivity index (χ2v) is 6.60. The molecule has 1 aromatic carbocycles. The van der Waals surface area contributed by atoms with Gasteiger partial charge in [-0.05, 0) is 31.1 Å². The lowest BCUT2D eigenvalue weighted by Crippen LogP contribution is -2.42. The molecule has 122 valence electrons. The van der Waals surface area contributed by atoms with Crippen molar-refractivity contribution in [2.45, 2.75) is 32.2 Å². The van der Waals surface area contributed by atoms with Crippen LogP contribution >= 0.6 is 0 Å². The van der Waals surface area contributed by atoms with Crippen LogP contribution in [0.5, 0.6) is 17.2 Å². The molecule has 2 aliphatic rings. The summed E-state index contributed by atoms with van der Waals surface area (Å²) in [6.07, 6.45) is 5.62. The molecule has 0 N–H and O–H groups in total. The van der Waals surface area contributed by atoms with E-state index in [1.165, 1.54) is 38.8 Å². The van der Waals surface area contributed by atoms with Crippen molar-refractivity contribution < 1.29 is 14.2 Å². The van der Waals surface area contributed by atoms with Gasteiger partial charge >= 0.3 is 0 Å². The van der Waals surface area contributed by atoms with Crippen LogP contribution in [0.3, 0.4) is 0 Å². The average molecular weight is 305 g/mol. The Bertz CT molecular complexity index is 480. The number of hydrogen-bond donors (Lipinski definition) is 0. The van der Waals surface area contributed by atoms with E-state index in [1.54, 1.807) is 21.3 Å². The minimum absolute atomic E-state index is 0.771. The maximum atomic E-state index is 5.58. The normalized spacial score (nSPS) is 24.9. The fourth-order valence-corrected chi connectivity index (χ4v) is 4.13. The number of nitrogens with zero attached hydrogens (tertiary/aromatic N) is 1. The Kier molecular flexibility index (Phi) is 4.77. The maximum Gasteiger partial charge on any atom is 0.130 e. The summed E-state index contributed by atoms with van der Waals surface area (Å²) in [6.45, 7) is 3.30. The van der Waals surface area contributed by atoms with E-state index in [4.69, 9.17) is 14.2 Å². The first-order valence-electron chi connectivity index (χ1n) is 8.24. The molecule has 2 atom stereocenters. The topological polar surface area (TPSA) is 30.9 Å². The predicted octanol–water partition coefficient (Wildman–Crippen LogP) is 3.33. The lowest BCUT2D eigenvalue weighted by atomic mass is 9.78. The number of ether oxygens (including phenoxy) is 3. The van der Waals surface area contributed by atoms with Gasteiger partial charge in [0.25, 0.3) is 0 Å². The Hall–Kier alpha value is -1.42. The predicted molar refractivity (Wildman–Crippen MR) is 86.8 cm³/mol. The minimum atomic E-state index is 0.771. The molecule has 1 saturated carbocycles. The van der Waals surface area contributed by atoms with Crippen molar-refractivity contribution >= 4 is 0 Å². The molecule has 2 fully saturated rings. The average Bonchev–Trinajstić information content (AvgIpc) is 2.54. The molecule has 3 rings (SSSR count). The van der Waals surface area contributed by atoms with Crippen LogP contribution in [0.25, 0.3) is 0 Å². The highest BCUT2D eigenvalue weighted by molar-refractivity contribution is 5.50. The van der Waals surface area contributed by atoms with Crippen molar-refractivity contribution in [3.05, 3.63) is 17.7 Å². The maximum absolute atomic E-state index is 5.58. The molecule has 1 aliphatic heterocycles. The Balaban J connectivity index is 1.81. The highest BCUT2D eigenvalue weighted by Crippen LogP contribution is 2.38. The molecule has 1 aromatic rings. The summed E-state index contributed by atoms with van der Waals surface area (Å²) >= 11 is 0. The van der Waals surface area contributed by atoms with Gasteiger partial charge in [0.15, 0.2) is 0 Å². The number of methoxy groups -OCH3 is 3. The number of piperidine rings is 1. The molecule has 4 heteroatoms. The lowest BCUT2D eigenvalue weighted by molar-refractivity contribution is 0.0795. The smallest absolute Gasteiger partial charge is 0.130 e. The summed E-state index contributed by atoms with van der Waals surface area (Å²) in [6, 6.07) is 3.89. The van der Waals surface area contributed by atoms with E-state index >= 15 is 0 Å². The first kappa shape index (κ1) is 15.5. The van der Waals surface area contributed by atoms with Crippen LogP contribution in [0.4, 0.5) is 0 Å². The zero-order valence-corrected chi connectivity index (χ0v) is 13.9. The molecule has 0 spiro atoms. The standard InChI is InChI=1S/C18H27NO3/c1-20-15-8-17(21-2)16(18(9-15)22-3)12-19-10-13-5-4-6-14(7-13)11-19/h8-9,13-14H,4-7,10-12H2,1-3H3/t13-,14-/m0/s1. The van der Waals surface area contributed by atoms with Crippen LogP contribution in [-0.4, -0.2) is 39.3 Å². The minimum Gasteiger partial charge on any atom is -0.496 e. The van der Waals surface area contributed by atoms with Gasteiger partial charge in [0, 0.05) is 31.8 Å². The van der Waals surface area contributed by atoms with Gasteiger partial charge in [0.2, 0.25) is 0 Å². The van der Waals surface area contributed by atoms with Gasteiger partial charge < -0.3 is 14.2 Å². The summed E-state index contributed by atoms with van der Waals surface area (Å²) in [4.78, 5) is 2.57. The molecule has 22 heavy (non-hydrogen) atoms. The number of hydrogen-bond acceptors (Lipinski definition) is 4. The van der Waals surface area contributed by atoms with Crippen LogP contribution in [0.2, 0.25) is 0 Å². The van der Waals surface area contributed by atoms with Gasteiger partial charge in [-0.2, -0.15) is 0 Å². The molecule has 1 saturated heterocycles. The van der Waals surface area contributed by atoms with Crippen LogP contribution < -0.4 is 14.2 Å². The van der Waals surface area contributed by atoms with Crippen LogP contribution in [-0.2, 0) is 6.54 Å². The van der Waals surface area contributed by atoms with Crippen LogP contribution in [0.1, 0.15) is 31.2 Å². The van der Waals surface area contributed by atoms with Gasteiger partial charge in [-0.3, -0.25) is 4.90 Å². The van der Waals surface area contributed by atoms with Gasteiger partial charge in [0.05, 0.1) is 26.9 Å². The molecule has 1 heterocycles. The van der Waals surface area contributed by atoms with Gasteiger partial charge in [-0.1, -0.05) is 6.42 Å². The second-order valence-electron chi connectivity index (χ2n) is 6.60. The fraction of sp³-hybridized carbons (Fsp3) is 0.667. The third-order valence-corrected chi connectivity index (χ3v) is 5.12. The lowest BCUT2D eigenvalue weighted by Gasteiger charge is -2.41. The SMILES string of the molecule is COc1cc(OC)c(CN2C[C@H]3CCC[C@@H](C3)C2)c(OC)c1. The first-order valence-corrected chi connectivity index (χ1v) is 8.24. The largest absolute Gasteiger partial charge is 0.496 e. The van der Waals surface area contributed by atoms with E-state index in [-0.39, 0.29) is 0 Å². The zero-order chi connectivity index (χ0) is 15.5. The van der Waals surface area contributed by atoms with Crippen LogP contribution in [0.15, 0.2) is 12.1 Å². The van der Waals surface area contributed by atoms with Crippen molar-refractivity contribution in [1.82, 2.24) is 4.90 Å². The van der Waals surface area contributed by atoms with Gasteiger partial charge in [-0.25, -0.2) is 0 Å². The summed E-state index contributed by atoms with van der Waals surface area (Å²) < 4.78 is 16.5. The molecular formula is C18H27NO3. The number of likely N-dealkylation sites (tertiary alicyclic amines) is 1. The van der Waals surface area contributed by atoms with Crippen molar-refractivity contribution in [3.8, 4) is 17.2 Å². The molecular weight excluding hydrogens is 278 g/mol. The zero-order valence-electron chi connectivity index (χ0n) is 13.9. The molecule has 4 nitrogen and oxygen atoms in total. The highest BCUT2D eigenvalue weighted by Gasteiger charge is 2.31. The van der Waals surface area contributed by atoms with Crippen molar-refractivity contribution in [3.63, 3.8) is 0 Å². The fourth-order valence-electron chi connectivity index (χ4n) is 4.13. The summed E-state index contributed by atoms with van der Waals surface area (Å²) in [5.41, 5.74) is 1.13. The van der Waals surface area contributed by atoms with Crippen molar-refractivity contribution in [2.75, 3.05) is 34.4 Å². The highest BCUT2D eigenvalue weighted by atomic mass is 16.5. The molecule has 0 amide bonds. The van der Waals surface area contributed by atoms with E-state index in [0.29, 0.717) is 0 Å². The summed E-state index contributed by atoms with van der Waals surface area (Å²) in [7, 11) is 5.09. The van der Waals surface area contributed by atoms with Gasteiger partial charge in [0.1, 0.15) is 17.2 Å². The Morgan fingerprint density at radius 1 is 0.955 bits per heavy atom. The van der Waals surface area contributed by atoms with E-state index < -0.39 is 0 Å². The third kappa shape index (κ3) is 3.17. The second kappa shape index (κ2) is 6.78. The molecule has 0 unspecified atom stereocenters. The number of fused-ring (bicyclic) bond motifs is 2. The quantitative estimate of drug-likeness (QED) is 0.835. The summed E-state index contributed by atoms with van der Waals surface area (Å²) in [5, 5.41) is 0. The Morgan fingerprint density at radius 3 is 2.05 bits per heavy atom. The van der Waals surface area contributed by atoms with E-state index in [2.05, 4.69) is 4.90 Å². The van der Waals surface area contributed by atoms with Crippen molar-refractivity contribution in [2.24, 2.45) is 11.8 Å². The molecule has 1 aliphatic carbocycles. The van der Waals surface area contributed by atoms with Crippen molar-refractivity contribution in [1.29, 1.82) is 0 Å². The van der Waals surface area contributed by atoms with E-state index in [1.807, 2.05) is 12.1 Å². The molecule has 2 bridgehead atoms. The summed E-state index contributed by atoms with van der Waals surface area (Å²) in [5.74, 6) is 4.23.